The molecule has 0 bridgehead atoms. The minimum absolute atomic E-state index is 0.0601. The van der Waals surface area contributed by atoms with Crippen molar-refractivity contribution in [3.63, 3.8) is 0 Å². The molecule has 1 unspecified atom stereocenters. The summed E-state index contributed by atoms with van der Waals surface area (Å²) >= 11 is 0. The van der Waals surface area contributed by atoms with Gasteiger partial charge in [0.25, 0.3) is 10.1 Å². The highest BCUT2D eigenvalue weighted by Gasteiger charge is 2.43. The van der Waals surface area contributed by atoms with Gasteiger partial charge in [0.1, 0.15) is 0 Å². The zero-order valence-corrected chi connectivity index (χ0v) is 20.6. The lowest BCUT2D eigenvalue weighted by atomic mass is 10.1. The van der Waals surface area contributed by atoms with Gasteiger partial charge in [-0.25, -0.2) is 0 Å². The van der Waals surface area contributed by atoms with Crippen molar-refractivity contribution in [2.45, 2.75) is 97.4 Å². The third-order valence-electron chi connectivity index (χ3n) is 4.55. The molecule has 29 heavy (non-hydrogen) atoms. The average molecular weight is 453 g/mol. The van der Waals surface area contributed by atoms with Crippen LogP contribution in [0.15, 0.2) is 23.3 Å². The molecule has 0 radical (unpaired) electrons. The summed E-state index contributed by atoms with van der Waals surface area (Å²) in [5.41, 5.74) is 2.77. The van der Waals surface area contributed by atoms with Crippen LogP contribution in [-0.4, -0.2) is 31.2 Å². The Morgan fingerprint density at radius 3 is 2.00 bits per heavy atom. The molecular formula is C21H41O6PS. The standard InChI is InChI=1S/C21H41O6PS/c1-6-26-28(22,27-7-2)21(29(23,24)25)18-13-11-9-8-10-12-16-20(5)17-14-15-19(3)4/h15-16,21H,6-14,17-18H2,1-5H3,(H,23,24,25)/b20-16+. The Morgan fingerprint density at radius 2 is 1.48 bits per heavy atom. The summed E-state index contributed by atoms with van der Waals surface area (Å²) in [5.74, 6) is 0. The van der Waals surface area contributed by atoms with Gasteiger partial charge in [-0.05, 0) is 66.7 Å². The first-order chi connectivity index (χ1) is 13.6. The lowest BCUT2D eigenvalue weighted by Gasteiger charge is -2.24. The third-order valence-corrected chi connectivity index (χ3v) is 9.25. The van der Waals surface area contributed by atoms with E-state index >= 15 is 0 Å². The van der Waals surface area contributed by atoms with E-state index < -0.39 is 22.7 Å². The van der Waals surface area contributed by atoms with E-state index in [1.165, 1.54) is 11.1 Å². The highest BCUT2D eigenvalue weighted by atomic mass is 32.2. The fourth-order valence-electron chi connectivity index (χ4n) is 3.07. The molecular weight excluding hydrogens is 411 g/mol. The van der Waals surface area contributed by atoms with E-state index in [1.807, 2.05) is 0 Å². The number of hydrogen-bond donors (Lipinski definition) is 1. The topological polar surface area (TPSA) is 89.9 Å². The Hall–Kier alpha value is -0.460. The largest absolute Gasteiger partial charge is 0.351 e. The quantitative estimate of drug-likeness (QED) is 0.112. The molecule has 6 nitrogen and oxygen atoms in total. The molecule has 0 aliphatic carbocycles. The van der Waals surface area contributed by atoms with Crippen molar-refractivity contribution in [3.05, 3.63) is 23.3 Å². The predicted molar refractivity (Wildman–Crippen MR) is 121 cm³/mol. The van der Waals surface area contributed by atoms with E-state index in [2.05, 4.69) is 32.9 Å². The van der Waals surface area contributed by atoms with Crippen molar-refractivity contribution in [2.24, 2.45) is 0 Å². The Morgan fingerprint density at radius 1 is 0.931 bits per heavy atom. The van der Waals surface area contributed by atoms with Gasteiger partial charge in [0, 0.05) is 0 Å². The number of unbranched alkanes of at least 4 members (excludes halogenated alkanes) is 5. The molecule has 0 aromatic heterocycles. The average Bonchev–Trinajstić information content (AvgIpc) is 2.59. The van der Waals surface area contributed by atoms with Crippen LogP contribution in [0.3, 0.4) is 0 Å². The van der Waals surface area contributed by atoms with E-state index in [9.17, 15) is 17.5 Å². The van der Waals surface area contributed by atoms with Gasteiger partial charge in [0.2, 0.25) is 0 Å². The van der Waals surface area contributed by atoms with Gasteiger partial charge in [0.15, 0.2) is 4.99 Å². The molecule has 0 rings (SSSR count). The maximum absolute atomic E-state index is 12.7. The van der Waals surface area contributed by atoms with Crippen molar-refractivity contribution in [2.75, 3.05) is 13.2 Å². The normalized spacial score (nSPS) is 14.1. The van der Waals surface area contributed by atoms with Gasteiger partial charge in [0.05, 0.1) is 13.2 Å². The van der Waals surface area contributed by atoms with Crippen molar-refractivity contribution in [1.82, 2.24) is 0 Å². The smallest absolute Gasteiger partial charge is 0.308 e. The van der Waals surface area contributed by atoms with Crippen LogP contribution in [-0.2, 0) is 23.7 Å². The summed E-state index contributed by atoms with van der Waals surface area (Å²) in [6.45, 7) is 9.75. The maximum Gasteiger partial charge on any atom is 0.351 e. The lowest BCUT2D eigenvalue weighted by Crippen LogP contribution is -2.23. The van der Waals surface area contributed by atoms with Crippen molar-refractivity contribution in [3.8, 4) is 0 Å². The fraction of sp³-hybridized carbons (Fsp3) is 0.810. The molecule has 0 spiro atoms. The molecule has 0 aromatic carbocycles. The summed E-state index contributed by atoms with van der Waals surface area (Å²) in [5, 5.41) is 0. The van der Waals surface area contributed by atoms with Crippen LogP contribution in [0.5, 0.6) is 0 Å². The van der Waals surface area contributed by atoms with Crippen molar-refractivity contribution < 1.29 is 26.6 Å². The molecule has 0 fully saturated rings. The van der Waals surface area contributed by atoms with E-state index in [0.29, 0.717) is 6.42 Å². The third kappa shape index (κ3) is 13.5. The molecule has 8 heteroatoms. The molecule has 0 saturated heterocycles. The first kappa shape index (κ1) is 28.5. The SMILES string of the molecule is CCOP(=O)(OCC)C(CCCCCCC/C=C(\C)CCC=C(C)C)S(=O)(=O)O. The zero-order valence-electron chi connectivity index (χ0n) is 18.9. The first-order valence-corrected chi connectivity index (χ1v) is 13.8. The summed E-state index contributed by atoms with van der Waals surface area (Å²) < 4.78 is 55.9. The van der Waals surface area contributed by atoms with Gasteiger partial charge >= 0.3 is 7.60 Å². The second kappa shape index (κ2) is 15.4. The zero-order chi connectivity index (χ0) is 22.3. The van der Waals surface area contributed by atoms with Crippen LogP contribution in [0.4, 0.5) is 0 Å². The molecule has 0 aromatic rings. The van der Waals surface area contributed by atoms with Crippen LogP contribution in [0, 0.1) is 0 Å². The van der Waals surface area contributed by atoms with E-state index in [-0.39, 0.29) is 19.6 Å². The highest BCUT2D eigenvalue weighted by molar-refractivity contribution is 7.94. The van der Waals surface area contributed by atoms with Gasteiger partial charge in [-0.2, -0.15) is 8.42 Å². The van der Waals surface area contributed by atoms with Crippen LogP contribution in [0.2, 0.25) is 0 Å². The van der Waals surface area contributed by atoms with E-state index in [1.54, 1.807) is 13.8 Å². The number of allylic oxidation sites excluding steroid dienone is 4. The summed E-state index contributed by atoms with van der Waals surface area (Å²) in [4.78, 5) is -1.51. The molecule has 172 valence electrons. The van der Waals surface area contributed by atoms with Crippen LogP contribution in [0.25, 0.3) is 0 Å². The van der Waals surface area contributed by atoms with Gasteiger partial charge in [-0.15, -0.1) is 0 Å². The minimum Gasteiger partial charge on any atom is -0.308 e. The predicted octanol–water partition coefficient (Wildman–Crippen LogP) is 6.89. The minimum atomic E-state index is -4.52. The molecule has 0 aliphatic heterocycles. The molecule has 0 saturated carbocycles. The first-order valence-electron chi connectivity index (χ1n) is 10.7. The van der Waals surface area contributed by atoms with Crippen LogP contribution >= 0.6 is 7.60 Å². The summed E-state index contributed by atoms with van der Waals surface area (Å²) in [7, 11) is -8.41. The Balaban J connectivity index is 4.29. The summed E-state index contributed by atoms with van der Waals surface area (Å²) in [6.07, 6.45) is 12.4. The fourth-order valence-corrected chi connectivity index (χ4v) is 6.83. The van der Waals surface area contributed by atoms with E-state index in [0.717, 1.165) is 44.9 Å². The van der Waals surface area contributed by atoms with Crippen molar-refractivity contribution in [1.29, 1.82) is 0 Å². The molecule has 0 heterocycles. The highest BCUT2D eigenvalue weighted by Crippen LogP contribution is 2.56. The van der Waals surface area contributed by atoms with Crippen LogP contribution < -0.4 is 0 Å². The molecule has 0 amide bonds. The monoisotopic (exact) mass is 452 g/mol. The Labute approximate surface area is 178 Å². The number of rotatable bonds is 17. The van der Waals surface area contributed by atoms with Gasteiger partial charge in [-0.3, -0.25) is 9.12 Å². The Bertz CT molecular complexity index is 640. The van der Waals surface area contributed by atoms with Gasteiger partial charge < -0.3 is 9.05 Å². The second-order valence-electron chi connectivity index (χ2n) is 7.56. The second-order valence-corrected chi connectivity index (χ2v) is 11.7. The summed E-state index contributed by atoms with van der Waals surface area (Å²) in [6, 6.07) is 0. The van der Waals surface area contributed by atoms with Gasteiger partial charge in [-0.1, -0.05) is 49.0 Å². The Kier molecular flexibility index (Phi) is 15.1. The molecule has 0 aliphatic rings. The molecule has 1 N–H and O–H groups in total. The van der Waals surface area contributed by atoms with Crippen molar-refractivity contribution >= 4 is 17.7 Å². The van der Waals surface area contributed by atoms with Crippen LogP contribution in [0.1, 0.15) is 92.4 Å². The molecule has 1 atom stereocenters. The van der Waals surface area contributed by atoms with E-state index in [4.69, 9.17) is 9.05 Å². The maximum atomic E-state index is 12.7. The number of hydrogen-bond acceptors (Lipinski definition) is 5. The lowest BCUT2D eigenvalue weighted by molar-refractivity contribution is 0.215.